The number of benzene rings is 8. The average Bonchev–Trinajstić information content (AvgIpc) is 3.61. The highest BCUT2D eigenvalue weighted by molar-refractivity contribution is 5.98. The molecule has 0 aliphatic heterocycles. The van der Waals surface area contributed by atoms with Crippen LogP contribution in [0.2, 0.25) is 0 Å². The van der Waals surface area contributed by atoms with Crippen LogP contribution in [0.3, 0.4) is 0 Å². The molecule has 0 atom stereocenters. The lowest BCUT2D eigenvalue weighted by Crippen LogP contribution is -2.16. The van der Waals surface area contributed by atoms with Crippen LogP contribution in [0.1, 0.15) is 55.4 Å². The fourth-order valence-corrected chi connectivity index (χ4v) is 9.14. The van der Waals surface area contributed by atoms with E-state index in [2.05, 4.69) is 137 Å². The standard InChI is InChI=1S/C52H41N/c1-51(2)47-24-9-7-19-43(47)45-31-30-39(33-49(45)51)53(38-17-11-16-36(32-38)41-21-12-15-34-14-5-6-18-40(34)41)37-28-26-35(27-29-37)42-22-13-23-46-44-20-8-10-25-48(44)52(3,4)50(42)46/h5-33H,1-4H3/i11D,16D,17D,32D. The maximum absolute atomic E-state index is 9.91. The van der Waals surface area contributed by atoms with Gasteiger partial charge < -0.3 is 4.90 Å². The van der Waals surface area contributed by atoms with Gasteiger partial charge in [0, 0.05) is 27.9 Å². The van der Waals surface area contributed by atoms with Gasteiger partial charge in [-0.1, -0.05) is 167 Å². The summed E-state index contributed by atoms with van der Waals surface area (Å²) in [6.45, 7) is 9.11. The second-order valence-electron chi connectivity index (χ2n) is 15.4. The molecule has 0 bridgehead atoms. The van der Waals surface area contributed by atoms with E-state index in [-0.39, 0.29) is 40.7 Å². The maximum Gasteiger partial charge on any atom is 0.0651 e. The molecule has 0 fully saturated rings. The summed E-state index contributed by atoms with van der Waals surface area (Å²) in [4.78, 5) is 1.97. The first-order valence-corrected chi connectivity index (χ1v) is 18.5. The highest BCUT2D eigenvalue weighted by atomic mass is 15.1. The van der Waals surface area contributed by atoms with Crippen molar-refractivity contribution in [3.8, 4) is 44.5 Å². The lowest BCUT2D eigenvalue weighted by Gasteiger charge is -2.29. The Balaban J connectivity index is 1.19. The molecule has 8 aromatic rings. The minimum absolute atomic E-state index is 0.0462. The largest absolute Gasteiger partial charge is 0.310 e. The van der Waals surface area contributed by atoms with Crippen LogP contribution < -0.4 is 4.90 Å². The minimum atomic E-state index is -0.275. The molecule has 8 aromatic carbocycles. The van der Waals surface area contributed by atoms with Gasteiger partial charge in [0.25, 0.3) is 0 Å². The van der Waals surface area contributed by atoms with E-state index in [4.69, 9.17) is 0 Å². The van der Waals surface area contributed by atoms with Crippen LogP contribution in [0, 0.1) is 0 Å². The van der Waals surface area contributed by atoms with Gasteiger partial charge in [-0.05, 0) is 114 Å². The van der Waals surface area contributed by atoms with Crippen molar-refractivity contribution in [3.05, 3.63) is 198 Å². The molecule has 0 amide bonds. The van der Waals surface area contributed by atoms with Gasteiger partial charge in [0.2, 0.25) is 0 Å². The summed E-state index contributed by atoms with van der Waals surface area (Å²) < 4.78 is 37.7. The SMILES string of the molecule is [2H]c1c([2H])c(-c2cccc3ccccc23)c([2H])c(N(c2ccc(-c3cccc4c3C(C)(C)c3ccccc3-4)cc2)c2ccc3c(c2)C(C)(C)c2ccccc2-3)c1[2H]. The lowest BCUT2D eigenvalue weighted by molar-refractivity contribution is 0.660. The lowest BCUT2D eigenvalue weighted by atomic mass is 9.79. The van der Waals surface area contributed by atoms with Crippen LogP contribution in [0.4, 0.5) is 17.1 Å². The molecule has 0 aromatic heterocycles. The van der Waals surface area contributed by atoms with E-state index < -0.39 is 0 Å². The van der Waals surface area contributed by atoms with Crippen molar-refractivity contribution in [2.24, 2.45) is 0 Å². The second kappa shape index (κ2) is 11.7. The Labute approximate surface area is 318 Å². The zero-order valence-electron chi connectivity index (χ0n) is 34.4. The molecule has 1 heteroatoms. The fraction of sp³-hybridized carbons (Fsp3) is 0.115. The Kier molecular flexibility index (Phi) is 6.05. The fourth-order valence-electron chi connectivity index (χ4n) is 9.14. The summed E-state index contributed by atoms with van der Waals surface area (Å²) in [6.07, 6.45) is 0. The molecule has 2 aliphatic rings. The highest BCUT2D eigenvalue weighted by Crippen LogP contribution is 2.53. The van der Waals surface area contributed by atoms with E-state index in [1.165, 1.54) is 50.1 Å². The number of nitrogens with zero attached hydrogens (tertiary/aromatic N) is 1. The minimum Gasteiger partial charge on any atom is -0.310 e. The van der Waals surface area contributed by atoms with Crippen molar-refractivity contribution in [1.82, 2.24) is 0 Å². The summed E-state index contributed by atoms with van der Waals surface area (Å²) in [6, 6.07) is 52.1. The summed E-state index contributed by atoms with van der Waals surface area (Å²) in [5.74, 6) is 0. The monoisotopic (exact) mass is 683 g/mol. The van der Waals surface area contributed by atoms with Gasteiger partial charge in [0.15, 0.2) is 0 Å². The molecular weight excluding hydrogens is 639 g/mol. The summed E-state index contributed by atoms with van der Waals surface area (Å²) >= 11 is 0. The Hall–Kier alpha value is -6.18. The molecule has 0 N–H and O–H groups in total. The predicted molar refractivity (Wildman–Crippen MR) is 225 cm³/mol. The third-order valence-corrected chi connectivity index (χ3v) is 11.7. The van der Waals surface area contributed by atoms with Crippen molar-refractivity contribution in [2.75, 3.05) is 4.90 Å². The predicted octanol–water partition coefficient (Wildman–Crippen LogP) is 14.3. The number of hydrogen-bond donors (Lipinski definition) is 0. The van der Waals surface area contributed by atoms with Gasteiger partial charge in [0.1, 0.15) is 0 Å². The smallest absolute Gasteiger partial charge is 0.0651 e. The number of hydrogen-bond acceptors (Lipinski definition) is 1. The molecule has 2 aliphatic carbocycles. The molecule has 0 saturated carbocycles. The van der Waals surface area contributed by atoms with Gasteiger partial charge in [-0.2, -0.15) is 0 Å². The zero-order valence-corrected chi connectivity index (χ0v) is 30.4. The van der Waals surface area contributed by atoms with E-state index in [9.17, 15) is 5.48 Å². The van der Waals surface area contributed by atoms with Crippen molar-refractivity contribution in [2.45, 2.75) is 38.5 Å². The Morgan fingerprint density at radius 3 is 1.83 bits per heavy atom. The Morgan fingerprint density at radius 2 is 1.02 bits per heavy atom. The van der Waals surface area contributed by atoms with E-state index in [1.54, 1.807) is 0 Å². The summed E-state index contributed by atoms with van der Waals surface area (Å²) in [7, 11) is 0. The van der Waals surface area contributed by atoms with Gasteiger partial charge in [-0.25, -0.2) is 0 Å². The van der Waals surface area contributed by atoms with Crippen molar-refractivity contribution in [3.63, 3.8) is 0 Å². The summed E-state index contributed by atoms with van der Waals surface area (Å²) in [5.41, 5.74) is 14.7. The molecule has 0 saturated heterocycles. The third-order valence-electron chi connectivity index (χ3n) is 11.7. The highest BCUT2D eigenvalue weighted by Gasteiger charge is 2.38. The Morgan fingerprint density at radius 1 is 0.434 bits per heavy atom. The molecule has 0 radical (unpaired) electrons. The number of fused-ring (bicyclic) bond motifs is 7. The van der Waals surface area contributed by atoms with Gasteiger partial charge in [-0.15, -0.1) is 0 Å². The van der Waals surface area contributed by atoms with Crippen LogP contribution in [0.5, 0.6) is 0 Å². The molecule has 1 nitrogen and oxygen atoms in total. The van der Waals surface area contributed by atoms with Crippen LogP contribution in [0.15, 0.2) is 176 Å². The molecule has 0 spiro atoms. The molecule has 0 unspecified atom stereocenters. The molecule has 254 valence electrons. The topological polar surface area (TPSA) is 3.24 Å². The first-order chi connectivity index (χ1) is 27.5. The molecule has 0 heterocycles. The third kappa shape index (κ3) is 4.77. The second-order valence-corrected chi connectivity index (χ2v) is 15.4. The van der Waals surface area contributed by atoms with Gasteiger partial charge in [0.05, 0.1) is 5.48 Å². The van der Waals surface area contributed by atoms with Gasteiger partial charge in [-0.3, -0.25) is 0 Å². The Bertz CT molecular complexity index is 2950. The van der Waals surface area contributed by atoms with Crippen LogP contribution in [-0.2, 0) is 10.8 Å². The van der Waals surface area contributed by atoms with Crippen molar-refractivity contribution < 1.29 is 5.48 Å². The normalized spacial score (nSPS) is 15.4. The zero-order chi connectivity index (χ0) is 39.4. The number of anilines is 3. The van der Waals surface area contributed by atoms with E-state index >= 15 is 0 Å². The molecule has 10 rings (SSSR count). The number of rotatable bonds is 5. The first kappa shape index (κ1) is 27.5. The molecule has 53 heavy (non-hydrogen) atoms. The quantitative estimate of drug-likeness (QED) is 0.175. The first-order valence-electron chi connectivity index (χ1n) is 20.5. The summed E-state index contributed by atoms with van der Waals surface area (Å²) in [5, 5.41) is 1.89. The van der Waals surface area contributed by atoms with Crippen LogP contribution in [0.25, 0.3) is 55.3 Å². The van der Waals surface area contributed by atoms with Crippen LogP contribution in [-0.4, -0.2) is 0 Å². The van der Waals surface area contributed by atoms with E-state index in [0.717, 1.165) is 27.7 Å². The maximum atomic E-state index is 9.91. The van der Waals surface area contributed by atoms with E-state index in [0.29, 0.717) is 11.1 Å². The van der Waals surface area contributed by atoms with Gasteiger partial charge >= 0.3 is 0 Å². The average molecular weight is 684 g/mol. The van der Waals surface area contributed by atoms with Crippen molar-refractivity contribution in [1.29, 1.82) is 0 Å². The van der Waals surface area contributed by atoms with Crippen molar-refractivity contribution >= 4 is 27.8 Å². The van der Waals surface area contributed by atoms with E-state index in [1.807, 2.05) is 47.4 Å². The van der Waals surface area contributed by atoms with Crippen LogP contribution >= 0.6 is 0 Å². The molecular formula is C52H41N.